The third-order valence-electron chi connectivity index (χ3n) is 4.24. The largest absolute Gasteiger partial charge is 0.350 e. The Kier molecular flexibility index (Phi) is 5.73. The highest BCUT2D eigenvalue weighted by Gasteiger charge is 2.37. The summed E-state index contributed by atoms with van der Waals surface area (Å²) in [4.78, 5) is 13.3. The van der Waals surface area contributed by atoms with E-state index in [-0.39, 0.29) is 24.4 Å². The second-order valence-electron chi connectivity index (χ2n) is 5.53. The van der Waals surface area contributed by atoms with Gasteiger partial charge in [-0.05, 0) is 37.3 Å². The summed E-state index contributed by atoms with van der Waals surface area (Å²) >= 11 is 7.40. The van der Waals surface area contributed by atoms with Crippen molar-refractivity contribution in [3.05, 3.63) is 21.3 Å². The Balaban J connectivity index is 0.00000147. The summed E-state index contributed by atoms with van der Waals surface area (Å²) in [6, 6.07) is 4.41. The van der Waals surface area contributed by atoms with E-state index >= 15 is 0 Å². The number of rotatable bonds is 3. The molecule has 1 saturated carbocycles. The van der Waals surface area contributed by atoms with E-state index in [4.69, 9.17) is 11.6 Å². The lowest BCUT2D eigenvalue weighted by atomic mass is 9.85. The molecule has 0 bridgehead atoms. The summed E-state index contributed by atoms with van der Waals surface area (Å²) in [6.45, 7) is 0.587. The molecule has 6 heteroatoms. The second-order valence-corrected chi connectivity index (χ2v) is 7.33. The molecule has 20 heavy (non-hydrogen) atoms. The van der Waals surface area contributed by atoms with Crippen LogP contribution in [-0.2, 0) is 11.3 Å². The normalized spacial score (nSPS) is 28.6. The van der Waals surface area contributed by atoms with Crippen molar-refractivity contribution in [2.24, 2.45) is 5.92 Å². The molecule has 2 fully saturated rings. The first-order valence-electron chi connectivity index (χ1n) is 7.00. The first kappa shape index (κ1) is 16.1. The van der Waals surface area contributed by atoms with E-state index in [1.807, 2.05) is 12.1 Å². The van der Waals surface area contributed by atoms with Crippen molar-refractivity contribution in [1.29, 1.82) is 0 Å². The molecule has 0 spiro atoms. The number of fused-ring (bicyclic) bond motifs is 1. The molecule has 0 radical (unpaired) electrons. The number of thiophene rings is 1. The van der Waals surface area contributed by atoms with Crippen LogP contribution in [0.3, 0.4) is 0 Å². The van der Waals surface area contributed by atoms with Gasteiger partial charge in [0.1, 0.15) is 0 Å². The minimum Gasteiger partial charge on any atom is -0.350 e. The van der Waals surface area contributed by atoms with Gasteiger partial charge < -0.3 is 10.6 Å². The molecule has 1 aromatic rings. The van der Waals surface area contributed by atoms with Crippen LogP contribution in [0.5, 0.6) is 0 Å². The molecule has 2 N–H and O–H groups in total. The van der Waals surface area contributed by atoms with Crippen molar-refractivity contribution in [1.82, 2.24) is 10.6 Å². The summed E-state index contributed by atoms with van der Waals surface area (Å²) in [5.74, 6) is 0.847. The van der Waals surface area contributed by atoms with Gasteiger partial charge in [-0.3, -0.25) is 4.79 Å². The average Bonchev–Trinajstić information content (AvgIpc) is 3.01. The van der Waals surface area contributed by atoms with E-state index in [1.54, 1.807) is 0 Å². The van der Waals surface area contributed by atoms with Crippen LogP contribution in [0.15, 0.2) is 12.1 Å². The molecular weight excluding hydrogens is 315 g/mol. The first-order valence-corrected chi connectivity index (χ1v) is 8.20. The molecule has 0 aromatic carbocycles. The highest BCUT2D eigenvalue weighted by atomic mass is 35.5. The van der Waals surface area contributed by atoms with Crippen LogP contribution in [0.1, 0.15) is 37.0 Å². The number of halogens is 2. The average molecular weight is 335 g/mol. The molecule has 1 aliphatic heterocycles. The van der Waals surface area contributed by atoms with E-state index in [0.717, 1.165) is 15.6 Å². The maximum atomic E-state index is 12.2. The standard InChI is InChI=1S/C14H19ClN2OS.ClH/c15-13-6-5-10(19-13)8-16-14(18)12-7-9-3-1-2-4-11(9)17-12;/h5-6,9,11-12,17H,1-4,7-8H2,(H,16,18);1H. The van der Waals surface area contributed by atoms with Gasteiger partial charge in [-0.1, -0.05) is 24.4 Å². The second kappa shape index (κ2) is 7.12. The molecule has 3 nitrogen and oxygen atoms in total. The van der Waals surface area contributed by atoms with Gasteiger partial charge in [-0.25, -0.2) is 0 Å². The Morgan fingerprint density at radius 3 is 2.90 bits per heavy atom. The molecule has 1 saturated heterocycles. The highest BCUT2D eigenvalue weighted by molar-refractivity contribution is 7.16. The molecule has 1 aromatic heterocycles. The van der Waals surface area contributed by atoms with E-state index in [2.05, 4.69) is 10.6 Å². The van der Waals surface area contributed by atoms with Gasteiger partial charge in [0.05, 0.1) is 16.9 Å². The summed E-state index contributed by atoms with van der Waals surface area (Å²) in [7, 11) is 0. The SMILES string of the molecule is Cl.O=C(NCc1ccc(Cl)s1)C1CC2CCCCC2N1. The quantitative estimate of drug-likeness (QED) is 0.889. The maximum absolute atomic E-state index is 12.2. The summed E-state index contributed by atoms with van der Waals surface area (Å²) in [6.07, 6.45) is 6.14. The smallest absolute Gasteiger partial charge is 0.237 e. The summed E-state index contributed by atoms with van der Waals surface area (Å²) in [5.41, 5.74) is 0. The molecular formula is C14H20Cl2N2OS. The topological polar surface area (TPSA) is 41.1 Å². The maximum Gasteiger partial charge on any atom is 0.237 e. The van der Waals surface area contributed by atoms with Gasteiger partial charge in [-0.15, -0.1) is 23.7 Å². The van der Waals surface area contributed by atoms with Crippen LogP contribution in [0, 0.1) is 5.92 Å². The number of hydrogen-bond acceptors (Lipinski definition) is 3. The van der Waals surface area contributed by atoms with Crippen LogP contribution >= 0.6 is 35.3 Å². The van der Waals surface area contributed by atoms with Gasteiger partial charge in [-0.2, -0.15) is 0 Å². The molecule has 1 aliphatic carbocycles. The Bertz CT molecular complexity index is 452. The molecule has 112 valence electrons. The van der Waals surface area contributed by atoms with Crippen LogP contribution in [0.25, 0.3) is 0 Å². The summed E-state index contributed by atoms with van der Waals surface area (Å²) < 4.78 is 0.772. The van der Waals surface area contributed by atoms with Crippen molar-refractivity contribution < 1.29 is 4.79 Å². The van der Waals surface area contributed by atoms with E-state index in [9.17, 15) is 4.79 Å². The van der Waals surface area contributed by atoms with Crippen molar-refractivity contribution in [3.63, 3.8) is 0 Å². The minimum absolute atomic E-state index is 0. The van der Waals surface area contributed by atoms with E-state index in [1.165, 1.54) is 37.0 Å². The van der Waals surface area contributed by atoms with Crippen molar-refractivity contribution >= 4 is 41.3 Å². The van der Waals surface area contributed by atoms with Crippen LogP contribution in [0.4, 0.5) is 0 Å². The minimum atomic E-state index is 0. The fourth-order valence-corrected chi connectivity index (χ4v) is 4.29. The van der Waals surface area contributed by atoms with Crippen molar-refractivity contribution in [2.45, 2.75) is 50.7 Å². The molecule has 3 unspecified atom stereocenters. The lowest BCUT2D eigenvalue weighted by Gasteiger charge is -2.24. The van der Waals surface area contributed by atoms with Crippen molar-refractivity contribution in [3.8, 4) is 0 Å². The van der Waals surface area contributed by atoms with Gasteiger partial charge >= 0.3 is 0 Å². The van der Waals surface area contributed by atoms with E-state index in [0.29, 0.717) is 18.5 Å². The van der Waals surface area contributed by atoms with E-state index < -0.39 is 0 Å². The first-order chi connectivity index (χ1) is 9.22. The third-order valence-corrected chi connectivity index (χ3v) is 5.48. The Morgan fingerprint density at radius 1 is 1.40 bits per heavy atom. The van der Waals surface area contributed by atoms with Crippen LogP contribution < -0.4 is 10.6 Å². The number of nitrogens with one attached hydrogen (secondary N) is 2. The van der Waals surface area contributed by atoms with Crippen molar-refractivity contribution in [2.75, 3.05) is 0 Å². The molecule has 3 atom stereocenters. The van der Waals surface area contributed by atoms with Crippen LogP contribution in [0.2, 0.25) is 4.34 Å². The van der Waals surface area contributed by atoms with Gasteiger partial charge in [0.25, 0.3) is 0 Å². The summed E-state index contributed by atoms with van der Waals surface area (Å²) in [5, 5.41) is 6.51. The number of carbonyl (C=O) groups excluding carboxylic acids is 1. The Hall–Kier alpha value is -0.290. The fourth-order valence-electron chi connectivity index (χ4n) is 3.27. The third kappa shape index (κ3) is 3.67. The van der Waals surface area contributed by atoms with Gasteiger partial charge in [0.15, 0.2) is 0 Å². The molecule has 1 amide bonds. The monoisotopic (exact) mass is 334 g/mol. The zero-order valence-corrected chi connectivity index (χ0v) is 13.6. The lowest BCUT2D eigenvalue weighted by molar-refractivity contribution is -0.123. The highest BCUT2D eigenvalue weighted by Crippen LogP contribution is 2.33. The number of hydrogen-bond donors (Lipinski definition) is 2. The zero-order chi connectivity index (χ0) is 13.2. The Labute approximate surface area is 134 Å². The molecule has 2 aliphatic rings. The molecule has 3 rings (SSSR count). The number of amides is 1. The predicted molar refractivity (Wildman–Crippen MR) is 85.7 cm³/mol. The predicted octanol–water partition coefficient (Wildman–Crippen LogP) is 3.36. The zero-order valence-electron chi connectivity index (χ0n) is 11.2. The van der Waals surface area contributed by atoms with Gasteiger partial charge in [0.2, 0.25) is 5.91 Å². The Morgan fingerprint density at radius 2 is 2.20 bits per heavy atom. The fraction of sp³-hybridized carbons (Fsp3) is 0.643. The molecule has 2 heterocycles. The van der Waals surface area contributed by atoms with Gasteiger partial charge in [0, 0.05) is 10.9 Å². The lowest BCUT2D eigenvalue weighted by Crippen LogP contribution is -2.42. The van der Waals surface area contributed by atoms with Crippen LogP contribution in [-0.4, -0.2) is 18.0 Å². The number of carbonyl (C=O) groups is 1.